The lowest BCUT2D eigenvalue weighted by molar-refractivity contribution is 0.0938. The number of benzene rings is 1. The van der Waals surface area contributed by atoms with Gasteiger partial charge in [0.2, 0.25) is 5.56 Å². The summed E-state index contributed by atoms with van der Waals surface area (Å²) >= 11 is 0. The molecule has 1 amide bonds. The number of para-hydroxylation sites is 1. The van der Waals surface area contributed by atoms with Gasteiger partial charge in [-0.3, -0.25) is 9.59 Å². The fourth-order valence-corrected chi connectivity index (χ4v) is 2.35. The van der Waals surface area contributed by atoms with Crippen molar-refractivity contribution in [2.75, 3.05) is 0 Å². The highest BCUT2D eigenvalue weighted by Crippen LogP contribution is 2.15. The first-order chi connectivity index (χ1) is 9.97. The highest BCUT2D eigenvalue weighted by Gasteiger charge is 2.14. The number of aromatic amines is 1. The molecule has 2 aromatic rings. The normalized spacial score (nSPS) is 12.6. The SMILES string of the molecule is CC(C)CCC(C)NC(=O)c1cc(=O)[nH]c2ccccc12. The Hall–Kier alpha value is -2.10. The molecule has 1 unspecified atom stereocenters. The second kappa shape index (κ2) is 6.57. The summed E-state index contributed by atoms with van der Waals surface area (Å²) in [5.74, 6) is 0.429. The molecule has 2 rings (SSSR count). The van der Waals surface area contributed by atoms with Gasteiger partial charge < -0.3 is 10.3 Å². The molecule has 112 valence electrons. The minimum absolute atomic E-state index is 0.0953. The van der Waals surface area contributed by atoms with Gasteiger partial charge in [0.25, 0.3) is 5.91 Å². The molecular weight excluding hydrogens is 264 g/mol. The average Bonchev–Trinajstić information content (AvgIpc) is 2.44. The van der Waals surface area contributed by atoms with Gasteiger partial charge in [-0.25, -0.2) is 0 Å². The number of rotatable bonds is 5. The summed E-state index contributed by atoms with van der Waals surface area (Å²) in [5, 5.41) is 3.75. The molecule has 0 aliphatic rings. The Labute approximate surface area is 124 Å². The van der Waals surface area contributed by atoms with Crippen molar-refractivity contribution in [3.05, 3.63) is 46.2 Å². The minimum Gasteiger partial charge on any atom is -0.350 e. The third kappa shape index (κ3) is 3.94. The van der Waals surface area contributed by atoms with Crippen LogP contribution in [0.4, 0.5) is 0 Å². The number of fused-ring (bicyclic) bond motifs is 1. The van der Waals surface area contributed by atoms with Crippen LogP contribution in [0.1, 0.15) is 44.0 Å². The third-order valence-corrected chi connectivity index (χ3v) is 3.55. The Morgan fingerprint density at radius 1 is 1.19 bits per heavy atom. The van der Waals surface area contributed by atoms with Crippen molar-refractivity contribution in [3.63, 3.8) is 0 Å². The van der Waals surface area contributed by atoms with Crippen LogP contribution in [0, 0.1) is 5.92 Å². The fourth-order valence-electron chi connectivity index (χ4n) is 2.35. The van der Waals surface area contributed by atoms with Crippen LogP contribution < -0.4 is 10.9 Å². The Bertz CT molecular complexity index is 688. The molecule has 0 bridgehead atoms. The van der Waals surface area contributed by atoms with Gasteiger partial charge >= 0.3 is 0 Å². The van der Waals surface area contributed by atoms with E-state index in [0.29, 0.717) is 17.0 Å². The predicted molar refractivity (Wildman–Crippen MR) is 85.6 cm³/mol. The fraction of sp³-hybridized carbons (Fsp3) is 0.412. The molecule has 2 N–H and O–H groups in total. The summed E-state index contributed by atoms with van der Waals surface area (Å²) < 4.78 is 0. The van der Waals surface area contributed by atoms with Gasteiger partial charge in [0.1, 0.15) is 0 Å². The molecule has 0 saturated carbocycles. The quantitative estimate of drug-likeness (QED) is 0.887. The van der Waals surface area contributed by atoms with E-state index in [4.69, 9.17) is 0 Å². The number of pyridine rings is 1. The van der Waals surface area contributed by atoms with E-state index in [1.807, 2.05) is 25.1 Å². The van der Waals surface area contributed by atoms with Gasteiger partial charge in [-0.05, 0) is 31.7 Å². The first-order valence-electron chi connectivity index (χ1n) is 7.40. The molecule has 1 atom stereocenters. The van der Waals surface area contributed by atoms with Crippen LogP contribution in [0.2, 0.25) is 0 Å². The van der Waals surface area contributed by atoms with Gasteiger partial charge in [0.05, 0.1) is 5.56 Å². The van der Waals surface area contributed by atoms with Crippen molar-refractivity contribution in [3.8, 4) is 0 Å². The Balaban J connectivity index is 2.21. The van der Waals surface area contributed by atoms with E-state index in [0.717, 1.165) is 18.2 Å². The molecular formula is C17H22N2O2. The van der Waals surface area contributed by atoms with Gasteiger partial charge in [0.15, 0.2) is 0 Å². The summed E-state index contributed by atoms with van der Waals surface area (Å²) in [7, 11) is 0. The standard InChI is InChI=1S/C17H22N2O2/c1-11(2)8-9-12(3)18-17(21)14-10-16(20)19-15-7-5-4-6-13(14)15/h4-7,10-12H,8-9H2,1-3H3,(H,18,21)(H,19,20). The zero-order chi connectivity index (χ0) is 15.4. The molecule has 0 spiro atoms. The summed E-state index contributed by atoms with van der Waals surface area (Å²) in [6, 6.07) is 8.81. The number of carbonyl (C=O) groups excluding carboxylic acids is 1. The summed E-state index contributed by atoms with van der Waals surface area (Å²) in [5.41, 5.74) is 0.865. The van der Waals surface area contributed by atoms with E-state index in [2.05, 4.69) is 24.1 Å². The Morgan fingerprint density at radius 2 is 1.90 bits per heavy atom. The monoisotopic (exact) mass is 286 g/mol. The van der Waals surface area contributed by atoms with E-state index in [9.17, 15) is 9.59 Å². The molecule has 1 heterocycles. The van der Waals surface area contributed by atoms with Crippen molar-refractivity contribution in [1.29, 1.82) is 0 Å². The number of H-pyrrole nitrogens is 1. The van der Waals surface area contributed by atoms with Crippen LogP contribution >= 0.6 is 0 Å². The Morgan fingerprint density at radius 3 is 2.62 bits per heavy atom. The lowest BCUT2D eigenvalue weighted by atomic mass is 10.0. The van der Waals surface area contributed by atoms with E-state index in [-0.39, 0.29) is 17.5 Å². The molecule has 4 nitrogen and oxygen atoms in total. The van der Waals surface area contributed by atoms with Crippen LogP contribution in [-0.4, -0.2) is 16.9 Å². The number of aromatic nitrogens is 1. The van der Waals surface area contributed by atoms with Crippen LogP contribution in [0.3, 0.4) is 0 Å². The lowest BCUT2D eigenvalue weighted by Crippen LogP contribution is -2.33. The lowest BCUT2D eigenvalue weighted by Gasteiger charge is -2.15. The van der Waals surface area contributed by atoms with Gasteiger partial charge in [-0.2, -0.15) is 0 Å². The second-order valence-corrected chi connectivity index (χ2v) is 5.94. The Kier molecular flexibility index (Phi) is 4.78. The number of hydrogen-bond donors (Lipinski definition) is 2. The smallest absolute Gasteiger partial charge is 0.252 e. The molecule has 1 aromatic heterocycles. The molecule has 4 heteroatoms. The maximum absolute atomic E-state index is 12.4. The predicted octanol–water partition coefficient (Wildman–Crippen LogP) is 3.08. The highest BCUT2D eigenvalue weighted by molar-refractivity contribution is 6.06. The topological polar surface area (TPSA) is 62.0 Å². The van der Waals surface area contributed by atoms with E-state index in [1.54, 1.807) is 6.07 Å². The van der Waals surface area contributed by atoms with E-state index < -0.39 is 0 Å². The van der Waals surface area contributed by atoms with E-state index in [1.165, 1.54) is 6.07 Å². The first kappa shape index (κ1) is 15.3. The van der Waals surface area contributed by atoms with E-state index >= 15 is 0 Å². The maximum Gasteiger partial charge on any atom is 0.252 e. The molecule has 0 aliphatic heterocycles. The van der Waals surface area contributed by atoms with Crippen LogP contribution in [0.25, 0.3) is 10.9 Å². The van der Waals surface area contributed by atoms with Crippen LogP contribution in [0.5, 0.6) is 0 Å². The number of nitrogens with one attached hydrogen (secondary N) is 2. The van der Waals surface area contributed by atoms with Gasteiger partial charge in [-0.1, -0.05) is 32.0 Å². The van der Waals surface area contributed by atoms with Crippen molar-refractivity contribution < 1.29 is 4.79 Å². The molecule has 21 heavy (non-hydrogen) atoms. The van der Waals surface area contributed by atoms with Crippen LogP contribution in [-0.2, 0) is 0 Å². The average molecular weight is 286 g/mol. The zero-order valence-electron chi connectivity index (χ0n) is 12.8. The minimum atomic E-state index is -0.256. The largest absolute Gasteiger partial charge is 0.350 e. The summed E-state index contributed by atoms with van der Waals surface area (Å²) in [4.78, 5) is 26.8. The molecule has 0 fully saturated rings. The number of hydrogen-bond acceptors (Lipinski definition) is 2. The summed E-state index contributed by atoms with van der Waals surface area (Å²) in [6.07, 6.45) is 2.00. The third-order valence-electron chi connectivity index (χ3n) is 3.55. The highest BCUT2D eigenvalue weighted by atomic mass is 16.2. The summed E-state index contributed by atoms with van der Waals surface area (Å²) in [6.45, 7) is 6.33. The number of carbonyl (C=O) groups is 1. The van der Waals surface area contributed by atoms with Crippen molar-refractivity contribution >= 4 is 16.8 Å². The van der Waals surface area contributed by atoms with Gasteiger partial charge in [-0.15, -0.1) is 0 Å². The van der Waals surface area contributed by atoms with Crippen molar-refractivity contribution in [2.45, 2.75) is 39.7 Å². The molecule has 0 radical (unpaired) electrons. The second-order valence-electron chi connectivity index (χ2n) is 5.94. The van der Waals surface area contributed by atoms with Crippen molar-refractivity contribution in [2.24, 2.45) is 5.92 Å². The van der Waals surface area contributed by atoms with Crippen molar-refractivity contribution in [1.82, 2.24) is 10.3 Å². The first-order valence-corrected chi connectivity index (χ1v) is 7.40. The maximum atomic E-state index is 12.4. The number of amides is 1. The van der Waals surface area contributed by atoms with Gasteiger partial charge in [0, 0.05) is 23.0 Å². The molecule has 0 saturated heterocycles. The molecule has 0 aliphatic carbocycles. The van der Waals surface area contributed by atoms with Crippen LogP contribution in [0.15, 0.2) is 35.1 Å². The zero-order valence-corrected chi connectivity index (χ0v) is 12.8. The molecule has 1 aromatic carbocycles.